The van der Waals surface area contributed by atoms with Crippen LogP contribution in [0.2, 0.25) is 0 Å². The van der Waals surface area contributed by atoms with Crippen LogP contribution in [-0.2, 0) is 9.53 Å². The van der Waals surface area contributed by atoms with Crippen LogP contribution in [0, 0.1) is 40.4 Å². The predicted molar refractivity (Wildman–Crippen MR) is 52.5 cm³/mol. The van der Waals surface area contributed by atoms with E-state index in [2.05, 4.69) is 13.0 Å². The fourth-order valence-electron chi connectivity index (χ4n) is 4.22. The Bertz CT molecular complexity index is 359. The Morgan fingerprint density at radius 1 is 1.53 bits per heavy atom. The maximum absolute atomic E-state index is 11.9. The minimum Gasteiger partial charge on any atom is -0.465 e. The Morgan fingerprint density at radius 2 is 2.33 bits per heavy atom. The highest BCUT2D eigenvalue weighted by atomic mass is 16.5. The van der Waals surface area contributed by atoms with Crippen LogP contribution in [0.5, 0.6) is 0 Å². The molecule has 1 heterocycles. The molecule has 80 valence electrons. The number of esters is 1. The van der Waals surface area contributed by atoms with Gasteiger partial charge in [-0.25, -0.2) is 0 Å². The summed E-state index contributed by atoms with van der Waals surface area (Å²) < 4.78 is 5.12. The quantitative estimate of drug-likeness (QED) is 0.566. The van der Waals surface area contributed by atoms with Crippen molar-refractivity contribution in [2.24, 2.45) is 29.1 Å². The van der Waals surface area contributed by atoms with Crippen molar-refractivity contribution < 1.29 is 9.53 Å². The van der Waals surface area contributed by atoms with Gasteiger partial charge < -0.3 is 4.74 Å². The van der Waals surface area contributed by atoms with E-state index in [4.69, 9.17) is 4.74 Å². The second-order valence-corrected chi connectivity index (χ2v) is 5.34. The standard InChI is InChI=1S/C12H15NO2/c1-7-4-8-5-9(7)10(6-13)12(8)2-3-15-11(12)14/h7-10H,2-5H2,1H3. The van der Waals surface area contributed by atoms with Gasteiger partial charge in [0, 0.05) is 0 Å². The molecule has 1 aliphatic heterocycles. The van der Waals surface area contributed by atoms with E-state index in [9.17, 15) is 10.1 Å². The summed E-state index contributed by atoms with van der Waals surface area (Å²) in [6, 6.07) is 2.39. The molecule has 5 unspecified atom stereocenters. The molecule has 3 fully saturated rings. The van der Waals surface area contributed by atoms with E-state index < -0.39 is 5.41 Å². The lowest BCUT2D eigenvalue weighted by molar-refractivity contribution is -0.150. The van der Waals surface area contributed by atoms with E-state index in [1.165, 1.54) is 0 Å². The van der Waals surface area contributed by atoms with Gasteiger partial charge in [0.2, 0.25) is 0 Å². The van der Waals surface area contributed by atoms with Crippen LogP contribution >= 0.6 is 0 Å². The summed E-state index contributed by atoms with van der Waals surface area (Å²) in [5, 5.41) is 9.29. The summed E-state index contributed by atoms with van der Waals surface area (Å²) in [6.07, 6.45) is 2.95. The second kappa shape index (κ2) is 2.75. The molecule has 0 N–H and O–H groups in total. The van der Waals surface area contributed by atoms with Crippen molar-refractivity contribution in [3.63, 3.8) is 0 Å². The van der Waals surface area contributed by atoms with Crippen LogP contribution in [0.25, 0.3) is 0 Å². The number of fused-ring (bicyclic) bond motifs is 3. The first-order valence-corrected chi connectivity index (χ1v) is 5.77. The van der Waals surface area contributed by atoms with Crippen LogP contribution in [0.15, 0.2) is 0 Å². The van der Waals surface area contributed by atoms with Crippen molar-refractivity contribution in [3.8, 4) is 6.07 Å². The molecular formula is C12H15NO2. The van der Waals surface area contributed by atoms with Crippen LogP contribution in [0.3, 0.4) is 0 Å². The number of ether oxygens (including phenoxy) is 1. The van der Waals surface area contributed by atoms with Crippen molar-refractivity contribution in [1.29, 1.82) is 5.26 Å². The zero-order valence-corrected chi connectivity index (χ0v) is 8.90. The molecule has 2 aliphatic carbocycles. The highest BCUT2D eigenvalue weighted by Gasteiger charge is 2.66. The third-order valence-electron chi connectivity index (χ3n) is 4.92. The predicted octanol–water partition coefficient (Wildman–Crippen LogP) is 1.74. The molecule has 0 amide bonds. The number of carbonyl (C=O) groups is 1. The van der Waals surface area contributed by atoms with Gasteiger partial charge in [-0.15, -0.1) is 0 Å². The SMILES string of the molecule is CC1CC2CC1C(C#N)C21CCOC1=O. The van der Waals surface area contributed by atoms with Crippen LogP contribution < -0.4 is 0 Å². The van der Waals surface area contributed by atoms with E-state index in [-0.39, 0.29) is 11.9 Å². The Kier molecular flexibility index (Phi) is 1.69. The minimum atomic E-state index is -0.411. The Labute approximate surface area is 89.4 Å². The van der Waals surface area contributed by atoms with Crippen molar-refractivity contribution in [2.45, 2.75) is 26.2 Å². The Morgan fingerprint density at radius 3 is 2.93 bits per heavy atom. The van der Waals surface area contributed by atoms with E-state index in [1.54, 1.807) is 0 Å². The molecule has 3 aliphatic rings. The van der Waals surface area contributed by atoms with E-state index >= 15 is 0 Å². The molecule has 1 saturated heterocycles. The third kappa shape index (κ3) is 0.884. The molecule has 15 heavy (non-hydrogen) atoms. The maximum Gasteiger partial charge on any atom is 0.313 e. The first-order chi connectivity index (χ1) is 7.20. The maximum atomic E-state index is 11.9. The minimum absolute atomic E-state index is 0.0822. The van der Waals surface area contributed by atoms with Gasteiger partial charge in [0.25, 0.3) is 0 Å². The van der Waals surface area contributed by atoms with Gasteiger partial charge in [-0.05, 0) is 37.0 Å². The second-order valence-electron chi connectivity index (χ2n) is 5.34. The smallest absolute Gasteiger partial charge is 0.313 e. The first kappa shape index (κ1) is 9.21. The Balaban J connectivity index is 2.04. The summed E-state index contributed by atoms with van der Waals surface area (Å²) in [5.41, 5.74) is -0.411. The third-order valence-corrected chi connectivity index (χ3v) is 4.92. The summed E-state index contributed by atoms with van der Waals surface area (Å²) in [5.74, 6) is 1.29. The average Bonchev–Trinajstić information content (AvgIpc) is 2.83. The molecule has 5 atom stereocenters. The fourth-order valence-corrected chi connectivity index (χ4v) is 4.22. The van der Waals surface area contributed by atoms with E-state index in [0.717, 1.165) is 19.3 Å². The summed E-state index contributed by atoms with van der Waals surface area (Å²) in [4.78, 5) is 11.9. The van der Waals surface area contributed by atoms with Crippen molar-refractivity contribution in [1.82, 2.24) is 0 Å². The molecule has 2 bridgehead atoms. The van der Waals surface area contributed by atoms with Crippen LogP contribution in [-0.4, -0.2) is 12.6 Å². The largest absolute Gasteiger partial charge is 0.465 e. The number of cyclic esters (lactones) is 1. The number of hydrogen-bond donors (Lipinski definition) is 0. The molecule has 3 nitrogen and oxygen atoms in total. The van der Waals surface area contributed by atoms with Gasteiger partial charge in [-0.3, -0.25) is 4.79 Å². The molecule has 2 saturated carbocycles. The van der Waals surface area contributed by atoms with Crippen molar-refractivity contribution in [3.05, 3.63) is 0 Å². The van der Waals surface area contributed by atoms with Crippen molar-refractivity contribution >= 4 is 5.97 Å². The molecule has 0 radical (unpaired) electrons. The topological polar surface area (TPSA) is 50.1 Å². The number of carbonyl (C=O) groups excluding carboxylic acids is 1. The van der Waals surface area contributed by atoms with Gasteiger partial charge in [-0.1, -0.05) is 6.92 Å². The molecule has 1 spiro atoms. The Hall–Kier alpha value is -1.04. The van der Waals surface area contributed by atoms with E-state index in [1.807, 2.05) is 0 Å². The van der Waals surface area contributed by atoms with Gasteiger partial charge >= 0.3 is 5.97 Å². The van der Waals surface area contributed by atoms with E-state index in [0.29, 0.717) is 24.4 Å². The monoisotopic (exact) mass is 205 g/mol. The first-order valence-electron chi connectivity index (χ1n) is 5.77. The highest BCUT2D eigenvalue weighted by molar-refractivity contribution is 5.81. The molecule has 0 aromatic carbocycles. The van der Waals surface area contributed by atoms with Crippen molar-refractivity contribution in [2.75, 3.05) is 6.61 Å². The summed E-state index contributed by atoms with van der Waals surface area (Å²) in [7, 11) is 0. The number of nitrogens with zero attached hydrogens (tertiary/aromatic N) is 1. The van der Waals surface area contributed by atoms with Gasteiger partial charge in [-0.2, -0.15) is 5.26 Å². The fraction of sp³-hybridized carbons (Fsp3) is 0.833. The van der Waals surface area contributed by atoms with Crippen LogP contribution in [0.1, 0.15) is 26.2 Å². The van der Waals surface area contributed by atoms with Gasteiger partial charge in [0.1, 0.15) is 0 Å². The number of hydrogen-bond acceptors (Lipinski definition) is 3. The molecule has 3 heteroatoms. The normalized spacial score (nSPS) is 52.1. The lowest BCUT2D eigenvalue weighted by Crippen LogP contribution is -2.41. The summed E-state index contributed by atoms with van der Waals surface area (Å²) in [6.45, 7) is 2.73. The molecular weight excluding hydrogens is 190 g/mol. The van der Waals surface area contributed by atoms with Gasteiger partial charge in [0.05, 0.1) is 24.0 Å². The number of rotatable bonds is 0. The lowest BCUT2D eigenvalue weighted by atomic mass is 9.63. The average molecular weight is 205 g/mol. The number of nitriles is 1. The molecule has 0 aromatic heterocycles. The highest BCUT2D eigenvalue weighted by Crippen LogP contribution is 2.64. The lowest BCUT2D eigenvalue weighted by Gasteiger charge is -2.36. The van der Waals surface area contributed by atoms with Gasteiger partial charge in [0.15, 0.2) is 0 Å². The zero-order chi connectivity index (χ0) is 10.6. The molecule has 0 aromatic rings. The molecule has 3 rings (SSSR count). The summed E-state index contributed by atoms with van der Waals surface area (Å²) >= 11 is 0. The zero-order valence-electron chi connectivity index (χ0n) is 8.90. The van der Waals surface area contributed by atoms with Crippen LogP contribution in [0.4, 0.5) is 0 Å².